The number of carbonyl (C=O) groups excluding carboxylic acids is 1. The number of aryl methyl sites for hydroxylation is 1. The zero-order valence-electron chi connectivity index (χ0n) is 20.7. The molecule has 0 aliphatic carbocycles. The lowest BCUT2D eigenvalue weighted by Gasteiger charge is -2.38. The van der Waals surface area contributed by atoms with Gasteiger partial charge in [-0.3, -0.25) is 0 Å². The number of hydrogen-bond donors (Lipinski definition) is 0. The van der Waals surface area contributed by atoms with E-state index in [9.17, 15) is 4.79 Å². The van der Waals surface area contributed by atoms with Crippen molar-refractivity contribution in [2.75, 3.05) is 21.3 Å². The van der Waals surface area contributed by atoms with Gasteiger partial charge < -0.3 is 18.9 Å². The standard InChI is InChI=1S/C30H24Br2O5/c1-17-20-7-5-6-8-21(20)28-22(27(17)29(33)36-4)13-14-30(37-28,23-11-9-18(34-2)15-25(23)31)24-12-10-19(35-3)16-26(24)32/h5-16H,1-4H3. The molecule has 0 amide bonds. The number of hydrogen-bond acceptors (Lipinski definition) is 5. The van der Waals surface area contributed by atoms with E-state index in [1.54, 1.807) is 14.2 Å². The summed E-state index contributed by atoms with van der Waals surface area (Å²) in [6.07, 6.45) is 3.94. The molecule has 0 spiro atoms. The zero-order valence-corrected chi connectivity index (χ0v) is 23.9. The van der Waals surface area contributed by atoms with Crippen LogP contribution in [-0.4, -0.2) is 27.3 Å². The summed E-state index contributed by atoms with van der Waals surface area (Å²) in [6, 6.07) is 19.5. The summed E-state index contributed by atoms with van der Waals surface area (Å²) in [5, 5.41) is 1.83. The molecule has 0 radical (unpaired) electrons. The highest BCUT2D eigenvalue weighted by atomic mass is 79.9. The lowest BCUT2D eigenvalue weighted by Crippen LogP contribution is -2.35. The van der Waals surface area contributed by atoms with Gasteiger partial charge in [0.25, 0.3) is 0 Å². The van der Waals surface area contributed by atoms with Crippen LogP contribution in [0.4, 0.5) is 0 Å². The van der Waals surface area contributed by atoms with E-state index >= 15 is 0 Å². The van der Waals surface area contributed by atoms with E-state index in [1.165, 1.54) is 7.11 Å². The summed E-state index contributed by atoms with van der Waals surface area (Å²) < 4.78 is 24.8. The maximum Gasteiger partial charge on any atom is 0.338 e. The van der Waals surface area contributed by atoms with Crippen molar-refractivity contribution in [2.45, 2.75) is 12.5 Å². The smallest absolute Gasteiger partial charge is 0.338 e. The van der Waals surface area contributed by atoms with Gasteiger partial charge in [0.1, 0.15) is 17.2 Å². The SMILES string of the molecule is COC(=O)c1c2c(c3ccccc3c1C)OC(c1ccc(OC)cc1Br)(c1ccc(OC)cc1Br)C=C2. The third-order valence-corrected chi connectivity index (χ3v) is 8.07. The summed E-state index contributed by atoms with van der Waals surface area (Å²) in [5.41, 5.74) is 2.71. The molecule has 0 saturated heterocycles. The molecule has 0 aromatic heterocycles. The van der Waals surface area contributed by atoms with Crippen molar-refractivity contribution in [3.05, 3.63) is 104 Å². The maximum atomic E-state index is 12.9. The monoisotopic (exact) mass is 622 g/mol. The Bertz CT molecular complexity index is 1520. The maximum absolute atomic E-state index is 12.9. The first-order chi connectivity index (χ1) is 17.8. The van der Waals surface area contributed by atoms with Gasteiger partial charge in [-0.15, -0.1) is 0 Å². The summed E-state index contributed by atoms with van der Waals surface area (Å²) in [4.78, 5) is 12.9. The fraction of sp³-hybridized carbons (Fsp3) is 0.167. The average Bonchev–Trinajstić information content (AvgIpc) is 2.92. The van der Waals surface area contributed by atoms with Gasteiger partial charge in [0.15, 0.2) is 5.60 Å². The summed E-state index contributed by atoms with van der Waals surface area (Å²) in [6.45, 7) is 1.94. The van der Waals surface area contributed by atoms with E-state index < -0.39 is 11.6 Å². The van der Waals surface area contributed by atoms with Crippen LogP contribution in [0.2, 0.25) is 0 Å². The van der Waals surface area contributed by atoms with Gasteiger partial charge in [-0.1, -0.05) is 56.1 Å². The topological polar surface area (TPSA) is 54.0 Å². The quantitative estimate of drug-likeness (QED) is 0.212. The van der Waals surface area contributed by atoms with E-state index in [2.05, 4.69) is 31.9 Å². The van der Waals surface area contributed by atoms with Crippen LogP contribution in [0.3, 0.4) is 0 Å². The molecular formula is C30H24Br2O5. The largest absolute Gasteiger partial charge is 0.497 e. The molecule has 0 saturated carbocycles. The van der Waals surface area contributed by atoms with Crippen LogP contribution in [0.5, 0.6) is 17.2 Å². The number of methoxy groups -OCH3 is 3. The highest BCUT2D eigenvalue weighted by Crippen LogP contribution is 2.50. The van der Waals surface area contributed by atoms with Crippen LogP contribution >= 0.6 is 31.9 Å². The Hall–Kier alpha value is -3.29. The second kappa shape index (κ2) is 9.88. The van der Waals surface area contributed by atoms with Crippen molar-refractivity contribution in [3.63, 3.8) is 0 Å². The number of benzene rings is 4. The number of halogens is 2. The van der Waals surface area contributed by atoms with Crippen LogP contribution < -0.4 is 14.2 Å². The van der Waals surface area contributed by atoms with Gasteiger partial charge in [-0.25, -0.2) is 4.79 Å². The minimum Gasteiger partial charge on any atom is -0.497 e. The summed E-state index contributed by atoms with van der Waals surface area (Å²) >= 11 is 7.50. The average molecular weight is 624 g/mol. The minimum atomic E-state index is -1.05. The first kappa shape index (κ1) is 25.4. The predicted octanol–water partition coefficient (Wildman–Crippen LogP) is 7.83. The molecule has 1 aliphatic rings. The fourth-order valence-corrected chi connectivity index (χ4v) is 6.22. The predicted molar refractivity (Wildman–Crippen MR) is 152 cm³/mol. The van der Waals surface area contributed by atoms with Gasteiger partial charge in [-0.2, -0.15) is 0 Å². The Labute approximate surface area is 232 Å². The van der Waals surface area contributed by atoms with Crippen LogP contribution in [0.15, 0.2) is 75.7 Å². The summed E-state index contributed by atoms with van der Waals surface area (Å²) in [7, 11) is 4.66. The van der Waals surface area contributed by atoms with Crippen LogP contribution in [0, 0.1) is 6.92 Å². The van der Waals surface area contributed by atoms with E-state index in [1.807, 2.05) is 79.7 Å². The van der Waals surface area contributed by atoms with Crippen LogP contribution in [0.1, 0.15) is 32.6 Å². The number of fused-ring (bicyclic) bond motifs is 3. The van der Waals surface area contributed by atoms with Crippen molar-refractivity contribution >= 4 is 54.7 Å². The second-order valence-electron chi connectivity index (χ2n) is 8.64. The Kier molecular flexibility index (Phi) is 6.77. The number of carbonyl (C=O) groups is 1. The normalized spacial score (nSPS) is 13.6. The van der Waals surface area contributed by atoms with Crippen molar-refractivity contribution in [2.24, 2.45) is 0 Å². The molecule has 0 unspecified atom stereocenters. The molecule has 188 valence electrons. The van der Waals surface area contributed by atoms with Crippen molar-refractivity contribution < 1.29 is 23.7 Å². The first-order valence-electron chi connectivity index (χ1n) is 11.5. The molecule has 37 heavy (non-hydrogen) atoms. The van der Waals surface area contributed by atoms with Gasteiger partial charge >= 0.3 is 5.97 Å². The molecule has 0 atom stereocenters. The molecule has 4 aromatic rings. The van der Waals surface area contributed by atoms with Gasteiger partial charge in [0, 0.05) is 31.0 Å². The van der Waals surface area contributed by atoms with E-state index in [0.717, 1.165) is 36.4 Å². The highest BCUT2D eigenvalue weighted by Gasteiger charge is 2.42. The summed E-state index contributed by atoms with van der Waals surface area (Å²) in [5.74, 6) is 1.63. The van der Waals surface area contributed by atoms with Crippen molar-refractivity contribution in [1.82, 2.24) is 0 Å². The lowest BCUT2D eigenvalue weighted by atomic mass is 9.82. The van der Waals surface area contributed by atoms with E-state index in [0.29, 0.717) is 28.4 Å². The molecule has 5 nitrogen and oxygen atoms in total. The van der Waals surface area contributed by atoms with E-state index in [4.69, 9.17) is 18.9 Å². The molecule has 4 aromatic carbocycles. The molecule has 0 N–H and O–H groups in total. The van der Waals surface area contributed by atoms with Gasteiger partial charge in [0.2, 0.25) is 0 Å². The number of ether oxygens (including phenoxy) is 4. The molecule has 0 fully saturated rings. The second-order valence-corrected chi connectivity index (χ2v) is 10.4. The van der Waals surface area contributed by atoms with Gasteiger partial charge in [-0.05, 0) is 66.4 Å². The minimum absolute atomic E-state index is 0.406. The van der Waals surface area contributed by atoms with E-state index in [-0.39, 0.29) is 0 Å². The first-order valence-corrected chi connectivity index (χ1v) is 13.1. The molecule has 1 aliphatic heterocycles. The lowest BCUT2D eigenvalue weighted by molar-refractivity contribution is 0.0598. The third kappa shape index (κ3) is 4.10. The Balaban J connectivity index is 1.86. The molecule has 5 rings (SSSR count). The molecule has 1 heterocycles. The van der Waals surface area contributed by atoms with Gasteiger partial charge in [0.05, 0.1) is 26.9 Å². The van der Waals surface area contributed by atoms with Crippen molar-refractivity contribution in [3.8, 4) is 17.2 Å². The van der Waals surface area contributed by atoms with Crippen LogP contribution in [0.25, 0.3) is 16.8 Å². The third-order valence-electron chi connectivity index (χ3n) is 6.75. The Morgan fingerprint density at radius 1 is 0.838 bits per heavy atom. The fourth-order valence-electron chi connectivity index (χ4n) is 4.92. The number of esters is 1. The zero-order chi connectivity index (χ0) is 26.3. The van der Waals surface area contributed by atoms with Crippen LogP contribution in [-0.2, 0) is 10.3 Å². The highest BCUT2D eigenvalue weighted by molar-refractivity contribution is 9.10. The van der Waals surface area contributed by atoms with Crippen molar-refractivity contribution in [1.29, 1.82) is 0 Å². The Morgan fingerprint density at radius 2 is 1.41 bits per heavy atom. The molecular weight excluding hydrogens is 600 g/mol. The molecule has 0 bridgehead atoms. The number of rotatable bonds is 5. The Morgan fingerprint density at radius 3 is 1.92 bits per heavy atom. The molecule has 7 heteroatoms.